The van der Waals surface area contributed by atoms with Crippen LogP contribution in [0.4, 0.5) is 5.69 Å². The first-order chi connectivity index (χ1) is 10.2. The molecular weight excluding hydrogens is 284 g/mol. The Hall–Kier alpha value is -0.770. The van der Waals surface area contributed by atoms with Crippen molar-refractivity contribution in [2.45, 2.75) is 46.2 Å². The first-order valence-corrected chi connectivity index (χ1v) is 8.27. The van der Waals surface area contributed by atoms with E-state index >= 15 is 0 Å². The molecule has 1 atom stereocenters. The lowest BCUT2D eigenvalue weighted by atomic mass is 10.1. The standard InChI is InChI=1S/C17H29ClN2O/c1-5-10-19-13-15-16(18)8-7-9-17(15)20(11-12-21-4)14(3)6-2/h7-9,14,19H,5-6,10-13H2,1-4H3. The Bertz CT molecular complexity index is 412. The SMILES string of the molecule is CCCNCc1c(Cl)cccc1N(CCOC)C(C)CC. The second-order valence-electron chi connectivity index (χ2n) is 5.36. The molecule has 1 unspecified atom stereocenters. The largest absolute Gasteiger partial charge is 0.383 e. The van der Waals surface area contributed by atoms with Crippen LogP contribution in [0.2, 0.25) is 5.02 Å². The van der Waals surface area contributed by atoms with Gasteiger partial charge in [-0.3, -0.25) is 0 Å². The van der Waals surface area contributed by atoms with E-state index in [2.05, 4.69) is 37.1 Å². The van der Waals surface area contributed by atoms with Crippen LogP contribution in [0.3, 0.4) is 0 Å². The van der Waals surface area contributed by atoms with Crippen molar-refractivity contribution in [1.82, 2.24) is 5.32 Å². The molecule has 0 bridgehead atoms. The van der Waals surface area contributed by atoms with Crippen LogP contribution in [-0.4, -0.2) is 32.8 Å². The highest BCUT2D eigenvalue weighted by atomic mass is 35.5. The summed E-state index contributed by atoms with van der Waals surface area (Å²) in [5.74, 6) is 0. The van der Waals surface area contributed by atoms with Crippen LogP contribution in [0.25, 0.3) is 0 Å². The maximum atomic E-state index is 6.44. The fraction of sp³-hybridized carbons (Fsp3) is 0.647. The summed E-state index contributed by atoms with van der Waals surface area (Å²) in [7, 11) is 1.75. The van der Waals surface area contributed by atoms with Crippen LogP contribution in [0.5, 0.6) is 0 Å². The van der Waals surface area contributed by atoms with Crippen molar-refractivity contribution in [3.8, 4) is 0 Å². The summed E-state index contributed by atoms with van der Waals surface area (Å²) in [4.78, 5) is 2.40. The van der Waals surface area contributed by atoms with Crippen molar-refractivity contribution in [3.05, 3.63) is 28.8 Å². The van der Waals surface area contributed by atoms with Crippen molar-refractivity contribution < 1.29 is 4.74 Å². The van der Waals surface area contributed by atoms with E-state index in [4.69, 9.17) is 16.3 Å². The molecular formula is C17H29ClN2O. The van der Waals surface area contributed by atoms with Gasteiger partial charge in [-0.25, -0.2) is 0 Å². The summed E-state index contributed by atoms with van der Waals surface area (Å²) in [5.41, 5.74) is 2.40. The number of rotatable bonds is 10. The van der Waals surface area contributed by atoms with Crippen LogP contribution in [0.1, 0.15) is 39.2 Å². The van der Waals surface area contributed by atoms with E-state index in [1.807, 2.05) is 12.1 Å². The van der Waals surface area contributed by atoms with Gasteiger partial charge in [-0.05, 0) is 38.4 Å². The van der Waals surface area contributed by atoms with E-state index in [1.54, 1.807) is 7.11 Å². The number of hydrogen-bond acceptors (Lipinski definition) is 3. The molecule has 0 saturated carbocycles. The van der Waals surface area contributed by atoms with Gasteiger partial charge in [0.15, 0.2) is 0 Å². The zero-order chi connectivity index (χ0) is 15.7. The Labute approximate surface area is 134 Å². The van der Waals surface area contributed by atoms with Gasteiger partial charge in [0, 0.05) is 42.5 Å². The number of hydrogen-bond donors (Lipinski definition) is 1. The topological polar surface area (TPSA) is 24.5 Å². The number of methoxy groups -OCH3 is 1. The molecule has 1 N–H and O–H groups in total. The Kier molecular flexibility index (Phi) is 8.74. The summed E-state index contributed by atoms with van der Waals surface area (Å²) >= 11 is 6.44. The Morgan fingerprint density at radius 1 is 1.33 bits per heavy atom. The summed E-state index contributed by atoms with van der Waals surface area (Å²) in [6.07, 6.45) is 2.22. The molecule has 0 aromatic heterocycles. The molecule has 4 heteroatoms. The maximum absolute atomic E-state index is 6.44. The van der Waals surface area contributed by atoms with Gasteiger partial charge >= 0.3 is 0 Å². The fourth-order valence-corrected chi connectivity index (χ4v) is 2.61. The first kappa shape index (κ1) is 18.3. The third-order valence-electron chi connectivity index (χ3n) is 3.79. The van der Waals surface area contributed by atoms with E-state index in [9.17, 15) is 0 Å². The third kappa shape index (κ3) is 5.50. The lowest BCUT2D eigenvalue weighted by Gasteiger charge is -2.33. The number of halogens is 1. The van der Waals surface area contributed by atoms with Crippen molar-refractivity contribution >= 4 is 17.3 Å². The molecule has 0 aliphatic heterocycles. The smallest absolute Gasteiger partial charge is 0.0637 e. The Morgan fingerprint density at radius 3 is 2.71 bits per heavy atom. The zero-order valence-electron chi connectivity index (χ0n) is 13.8. The van der Waals surface area contributed by atoms with Gasteiger partial charge in [-0.1, -0.05) is 31.5 Å². The fourth-order valence-electron chi connectivity index (χ4n) is 2.37. The molecule has 0 saturated heterocycles. The predicted octanol–water partition coefficient (Wildman–Crippen LogP) is 4.09. The van der Waals surface area contributed by atoms with Crippen molar-refractivity contribution in [3.63, 3.8) is 0 Å². The quantitative estimate of drug-likeness (QED) is 0.659. The molecule has 21 heavy (non-hydrogen) atoms. The van der Waals surface area contributed by atoms with Crippen LogP contribution < -0.4 is 10.2 Å². The van der Waals surface area contributed by atoms with Gasteiger partial charge in [-0.15, -0.1) is 0 Å². The van der Waals surface area contributed by atoms with Gasteiger partial charge in [0.2, 0.25) is 0 Å². The minimum atomic E-state index is 0.462. The second kappa shape index (κ2) is 10.0. The van der Waals surface area contributed by atoms with Crippen LogP contribution >= 0.6 is 11.6 Å². The predicted molar refractivity (Wildman–Crippen MR) is 92.4 cm³/mol. The number of benzene rings is 1. The van der Waals surface area contributed by atoms with Crippen molar-refractivity contribution in [2.24, 2.45) is 0 Å². The highest BCUT2D eigenvalue weighted by molar-refractivity contribution is 6.31. The highest BCUT2D eigenvalue weighted by Gasteiger charge is 2.17. The number of nitrogens with one attached hydrogen (secondary N) is 1. The normalized spacial score (nSPS) is 12.4. The third-order valence-corrected chi connectivity index (χ3v) is 4.15. The molecule has 0 fully saturated rings. The van der Waals surface area contributed by atoms with E-state index in [0.29, 0.717) is 6.04 Å². The van der Waals surface area contributed by atoms with E-state index in [-0.39, 0.29) is 0 Å². The molecule has 3 nitrogen and oxygen atoms in total. The highest BCUT2D eigenvalue weighted by Crippen LogP contribution is 2.29. The number of anilines is 1. The monoisotopic (exact) mass is 312 g/mol. The summed E-state index contributed by atoms with van der Waals surface area (Å²) in [5, 5.41) is 4.29. The molecule has 1 rings (SSSR count). The lowest BCUT2D eigenvalue weighted by molar-refractivity contribution is 0.203. The van der Waals surface area contributed by atoms with E-state index in [1.165, 1.54) is 11.3 Å². The summed E-state index contributed by atoms with van der Waals surface area (Å²) in [6.45, 7) is 10.1. The molecule has 1 aromatic carbocycles. The minimum absolute atomic E-state index is 0.462. The first-order valence-electron chi connectivity index (χ1n) is 7.89. The van der Waals surface area contributed by atoms with E-state index < -0.39 is 0 Å². The van der Waals surface area contributed by atoms with Crippen LogP contribution in [0, 0.1) is 0 Å². The summed E-state index contributed by atoms with van der Waals surface area (Å²) in [6, 6.07) is 6.63. The molecule has 0 heterocycles. The lowest BCUT2D eigenvalue weighted by Crippen LogP contribution is -2.36. The summed E-state index contributed by atoms with van der Waals surface area (Å²) < 4.78 is 5.27. The minimum Gasteiger partial charge on any atom is -0.383 e. The molecule has 0 spiro atoms. The molecule has 120 valence electrons. The molecule has 0 radical (unpaired) electrons. The molecule has 1 aromatic rings. The van der Waals surface area contributed by atoms with Crippen LogP contribution in [-0.2, 0) is 11.3 Å². The average molecular weight is 313 g/mol. The van der Waals surface area contributed by atoms with Crippen LogP contribution in [0.15, 0.2) is 18.2 Å². The van der Waals surface area contributed by atoms with Gasteiger partial charge in [0.25, 0.3) is 0 Å². The Balaban J connectivity index is 3.01. The zero-order valence-corrected chi connectivity index (χ0v) is 14.5. The van der Waals surface area contributed by atoms with E-state index in [0.717, 1.165) is 44.1 Å². The Morgan fingerprint density at radius 2 is 2.10 bits per heavy atom. The number of ether oxygens (including phenoxy) is 1. The van der Waals surface area contributed by atoms with Crippen molar-refractivity contribution in [1.29, 1.82) is 0 Å². The van der Waals surface area contributed by atoms with Gasteiger partial charge in [0.1, 0.15) is 0 Å². The van der Waals surface area contributed by atoms with Gasteiger partial charge in [0.05, 0.1) is 6.61 Å². The molecule has 0 aliphatic carbocycles. The maximum Gasteiger partial charge on any atom is 0.0637 e. The average Bonchev–Trinajstić information content (AvgIpc) is 2.49. The van der Waals surface area contributed by atoms with Crippen molar-refractivity contribution in [2.75, 3.05) is 31.7 Å². The van der Waals surface area contributed by atoms with Gasteiger partial charge in [-0.2, -0.15) is 0 Å². The van der Waals surface area contributed by atoms with Gasteiger partial charge < -0.3 is 15.0 Å². The second-order valence-corrected chi connectivity index (χ2v) is 5.76. The number of nitrogens with zero attached hydrogens (tertiary/aromatic N) is 1. The molecule has 0 aliphatic rings. The molecule has 0 amide bonds.